The van der Waals surface area contributed by atoms with Crippen LogP contribution in [0.25, 0.3) is 0 Å². The third kappa shape index (κ3) is 4.04. The summed E-state index contributed by atoms with van der Waals surface area (Å²) < 4.78 is 18.3. The van der Waals surface area contributed by atoms with Gasteiger partial charge in [-0.15, -0.1) is 11.8 Å². The van der Waals surface area contributed by atoms with Crippen molar-refractivity contribution in [1.29, 1.82) is 0 Å². The average Bonchev–Trinajstić information content (AvgIpc) is 2.94. The maximum Gasteiger partial charge on any atom is 0.170 e. The fourth-order valence-corrected chi connectivity index (χ4v) is 2.86. The molecule has 0 bridgehead atoms. The highest BCUT2D eigenvalue weighted by molar-refractivity contribution is 9.10. The Morgan fingerprint density at radius 1 is 1.48 bits per heavy atom. The van der Waals surface area contributed by atoms with Crippen molar-refractivity contribution < 1.29 is 14.2 Å². The van der Waals surface area contributed by atoms with E-state index in [0.29, 0.717) is 27.3 Å². The maximum absolute atomic E-state index is 13.2. The Kier molecular flexibility index (Phi) is 5.75. The smallest absolute Gasteiger partial charge is 0.170 e. The van der Waals surface area contributed by atoms with Gasteiger partial charge in [-0.1, -0.05) is 18.1 Å². The van der Waals surface area contributed by atoms with Crippen molar-refractivity contribution >= 4 is 33.4 Å². The first-order valence-corrected chi connectivity index (χ1v) is 8.04. The molecular weight excluding hydrogens is 361 g/mol. The molecule has 21 heavy (non-hydrogen) atoms. The predicted molar refractivity (Wildman–Crippen MR) is 81.4 cm³/mol. The van der Waals surface area contributed by atoms with E-state index in [-0.39, 0.29) is 5.82 Å². The summed E-state index contributed by atoms with van der Waals surface area (Å²) in [5.74, 6) is 0.519. The minimum Gasteiger partial charge on any atom is -0.411 e. The van der Waals surface area contributed by atoms with Gasteiger partial charge < -0.3 is 5.21 Å². The standard InChI is InChI=1S/C13H13BrFN3O2S/c1-2-5-21-13-12(17-20-18-13)11(16-19)7-8-3-4-10(15)9(14)6-8/h3-4,6,19H,2,5,7H2,1H3/b16-11+. The molecule has 0 spiro atoms. The van der Waals surface area contributed by atoms with E-state index in [1.54, 1.807) is 12.1 Å². The van der Waals surface area contributed by atoms with Crippen LogP contribution in [-0.4, -0.2) is 27.0 Å². The Bertz CT molecular complexity index is 648. The van der Waals surface area contributed by atoms with Gasteiger partial charge in [-0.3, -0.25) is 0 Å². The third-order valence-corrected chi connectivity index (χ3v) is 4.41. The number of oxime groups is 1. The highest BCUT2D eigenvalue weighted by atomic mass is 79.9. The molecule has 5 nitrogen and oxygen atoms in total. The van der Waals surface area contributed by atoms with Crippen molar-refractivity contribution in [1.82, 2.24) is 10.3 Å². The number of hydrogen-bond donors (Lipinski definition) is 1. The molecule has 0 atom stereocenters. The topological polar surface area (TPSA) is 71.5 Å². The van der Waals surface area contributed by atoms with Crippen LogP contribution in [0, 0.1) is 5.82 Å². The zero-order valence-electron chi connectivity index (χ0n) is 11.2. The fraction of sp³-hybridized carbons (Fsp3) is 0.308. The van der Waals surface area contributed by atoms with Crippen molar-refractivity contribution in [3.8, 4) is 0 Å². The molecule has 0 aliphatic carbocycles. The normalized spacial score (nSPS) is 11.9. The molecule has 0 amide bonds. The van der Waals surface area contributed by atoms with Gasteiger partial charge in [-0.25, -0.2) is 9.02 Å². The Hall–Kier alpha value is -1.41. The highest BCUT2D eigenvalue weighted by Crippen LogP contribution is 2.23. The molecule has 1 aromatic heterocycles. The molecule has 0 saturated carbocycles. The zero-order valence-corrected chi connectivity index (χ0v) is 13.6. The van der Waals surface area contributed by atoms with E-state index < -0.39 is 0 Å². The summed E-state index contributed by atoms with van der Waals surface area (Å²) in [6, 6.07) is 4.60. The van der Waals surface area contributed by atoms with Crippen LogP contribution < -0.4 is 0 Å². The predicted octanol–water partition coefficient (Wildman–Crippen LogP) is 3.89. The number of thioether (sulfide) groups is 1. The number of aromatic nitrogens is 2. The minimum absolute atomic E-state index is 0.295. The van der Waals surface area contributed by atoms with Crippen LogP contribution in [0.3, 0.4) is 0 Å². The average molecular weight is 374 g/mol. The molecule has 0 aliphatic rings. The van der Waals surface area contributed by atoms with Crippen LogP contribution in [0.4, 0.5) is 4.39 Å². The summed E-state index contributed by atoms with van der Waals surface area (Å²) in [6.45, 7) is 2.05. The summed E-state index contributed by atoms with van der Waals surface area (Å²) >= 11 is 4.61. The lowest BCUT2D eigenvalue weighted by molar-refractivity contribution is 0.296. The van der Waals surface area contributed by atoms with Gasteiger partial charge in [0, 0.05) is 6.42 Å². The van der Waals surface area contributed by atoms with Crippen LogP contribution in [0.1, 0.15) is 24.6 Å². The largest absolute Gasteiger partial charge is 0.411 e. The van der Waals surface area contributed by atoms with E-state index in [0.717, 1.165) is 17.7 Å². The molecule has 1 heterocycles. The zero-order chi connectivity index (χ0) is 15.2. The number of hydrogen-bond acceptors (Lipinski definition) is 6. The first-order chi connectivity index (χ1) is 10.2. The van der Waals surface area contributed by atoms with Crippen LogP contribution in [-0.2, 0) is 6.42 Å². The molecule has 8 heteroatoms. The Morgan fingerprint density at radius 2 is 2.29 bits per heavy atom. The van der Waals surface area contributed by atoms with Gasteiger partial charge in [-0.05, 0) is 56.1 Å². The summed E-state index contributed by atoms with van der Waals surface area (Å²) in [4.78, 5) is 0. The van der Waals surface area contributed by atoms with Crippen LogP contribution in [0.15, 0.2) is 37.5 Å². The van der Waals surface area contributed by atoms with Gasteiger partial charge in [0.25, 0.3) is 0 Å². The van der Waals surface area contributed by atoms with Crippen LogP contribution in [0.2, 0.25) is 0 Å². The maximum atomic E-state index is 13.2. The van der Waals surface area contributed by atoms with Crippen molar-refractivity contribution in [3.05, 3.63) is 39.7 Å². The van der Waals surface area contributed by atoms with Gasteiger partial charge in [-0.2, -0.15) is 0 Å². The molecular formula is C13H13BrFN3O2S. The Morgan fingerprint density at radius 3 is 2.95 bits per heavy atom. The van der Waals surface area contributed by atoms with Crippen molar-refractivity contribution in [3.63, 3.8) is 0 Å². The molecule has 2 aromatic rings. The second-order valence-electron chi connectivity index (χ2n) is 4.24. The Labute approximate surface area is 133 Å². The number of benzene rings is 1. The molecule has 0 aliphatic heterocycles. The minimum atomic E-state index is -0.344. The molecule has 2 rings (SSSR count). The van der Waals surface area contributed by atoms with Gasteiger partial charge in [0.15, 0.2) is 10.7 Å². The number of halogens is 2. The van der Waals surface area contributed by atoms with Crippen molar-refractivity contribution in [2.45, 2.75) is 24.8 Å². The van der Waals surface area contributed by atoms with E-state index in [9.17, 15) is 9.60 Å². The lowest BCUT2D eigenvalue weighted by atomic mass is 10.1. The highest BCUT2D eigenvalue weighted by Gasteiger charge is 2.18. The van der Waals surface area contributed by atoms with Gasteiger partial charge in [0.05, 0.1) is 4.47 Å². The first-order valence-electron chi connectivity index (χ1n) is 6.26. The molecule has 112 valence electrons. The quantitative estimate of drug-likeness (QED) is 0.359. The molecule has 1 aromatic carbocycles. The van der Waals surface area contributed by atoms with E-state index in [4.69, 9.17) is 4.63 Å². The van der Waals surface area contributed by atoms with Gasteiger partial charge in [0.2, 0.25) is 0 Å². The fourth-order valence-electron chi connectivity index (χ4n) is 1.66. The summed E-state index contributed by atoms with van der Waals surface area (Å²) in [6.07, 6.45) is 1.27. The van der Waals surface area contributed by atoms with E-state index >= 15 is 0 Å². The summed E-state index contributed by atoms with van der Waals surface area (Å²) in [5, 5.41) is 20.7. The lowest BCUT2D eigenvalue weighted by Crippen LogP contribution is -2.08. The monoisotopic (exact) mass is 373 g/mol. The SMILES string of the molecule is CCCSc1nonc1/C(Cc1ccc(F)c(Br)c1)=N/O. The molecule has 0 radical (unpaired) electrons. The van der Waals surface area contributed by atoms with Gasteiger partial charge >= 0.3 is 0 Å². The van der Waals surface area contributed by atoms with Crippen LogP contribution >= 0.6 is 27.7 Å². The third-order valence-electron chi connectivity index (χ3n) is 2.65. The lowest BCUT2D eigenvalue weighted by Gasteiger charge is -2.04. The summed E-state index contributed by atoms with van der Waals surface area (Å²) in [7, 11) is 0. The van der Waals surface area contributed by atoms with Crippen LogP contribution in [0.5, 0.6) is 0 Å². The van der Waals surface area contributed by atoms with Crippen molar-refractivity contribution in [2.75, 3.05) is 5.75 Å². The van der Waals surface area contributed by atoms with E-state index in [2.05, 4.69) is 38.3 Å². The molecule has 1 N–H and O–H groups in total. The molecule has 0 unspecified atom stereocenters. The second kappa shape index (κ2) is 7.56. The van der Waals surface area contributed by atoms with Gasteiger partial charge in [0.1, 0.15) is 11.5 Å². The molecule has 0 saturated heterocycles. The van der Waals surface area contributed by atoms with E-state index in [1.807, 2.05) is 0 Å². The molecule has 0 fully saturated rings. The number of rotatable bonds is 6. The first kappa shape index (κ1) is 16.0. The Balaban J connectivity index is 2.20. The second-order valence-corrected chi connectivity index (χ2v) is 6.18. The number of nitrogens with zero attached hydrogens (tertiary/aromatic N) is 3. The van der Waals surface area contributed by atoms with E-state index in [1.165, 1.54) is 17.8 Å². The summed E-state index contributed by atoms with van der Waals surface area (Å²) in [5.41, 5.74) is 1.52. The van der Waals surface area contributed by atoms with Crippen molar-refractivity contribution in [2.24, 2.45) is 5.16 Å².